The molecule has 1 aromatic carbocycles. The van der Waals surface area contributed by atoms with Crippen molar-refractivity contribution < 1.29 is 14.0 Å². The molecule has 0 saturated carbocycles. The molecule has 0 unspecified atom stereocenters. The van der Waals surface area contributed by atoms with E-state index in [2.05, 4.69) is 22.0 Å². The first kappa shape index (κ1) is 23.4. The molecular formula is C26H38FN5O2. The van der Waals surface area contributed by atoms with Crippen LogP contribution in [-0.2, 0) is 4.79 Å². The second-order valence-corrected chi connectivity index (χ2v) is 10.7. The molecule has 0 radical (unpaired) electrons. The maximum absolute atomic E-state index is 13.2. The van der Waals surface area contributed by atoms with E-state index in [4.69, 9.17) is 0 Å². The van der Waals surface area contributed by atoms with E-state index in [0.717, 1.165) is 83.5 Å². The number of anilines is 1. The van der Waals surface area contributed by atoms with E-state index in [1.54, 1.807) is 0 Å². The number of hydrogen-bond donors (Lipinski definition) is 1. The minimum atomic E-state index is -0.292. The Morgan fingerprint density at radius 2 is 1.71 bits per heavy atom. The van der Waals surface area contributed by atoms with Crippen LogP contribution in [0.15, 0.2) is 24.3 Å². The number of hydrogen-bond acceptors (Lipinski definition) is 4. The average Bonchev–Trinajstić information content (AvgIpc) is 3.48. The molecule has 186 valence electrons. The Kier molecular flexibility index (Phi) is 6.69. The summed E-state index contributed by atoms with van der Waals surface area (Å²) < 4.78 is 13.2. The third kappa shape index (κ3) is 4.74. The molecule has 4 saturated heterocycles. The van der Waals surface area contributed by atoms with E-state index in [0.29, 0.717) is 19.1 Å². The second-order valence-electron chi connectivity index (χ2n) is 10.7. The lowest BCUT2D eigenvalue weighted by Gasteiger charge is -2.41. The van der Waals surface area contributed by atoms with Gasteiger partial charge in [-0.25, -0.2) is 9.18 Å². The largest absolute Gasteiger partial charge is 0.369 e. The van der Waals surface area contributed by atoms with Gasteiger partial charge in [-0.15, -0.1) is 0 Å². The number of piperazine rings is 1. The highest BCUT2D eigenvalue weighted by molar-refractivity contribution is 5.86. The lowest BCUT2D eigenvalue weighted by Crippen LogP contribution is -2.52. The number of benzene rings is 1. The number of carbonyl (C=O) groups excluding carboxylic acids is 2. The van der Waals surface area contributed by atoms with Crippen LogP contribution in [0.4, 0.5) is 14.9 Å². The fourth-order valence-electron chi connectivity index (χ4n) is 6.33. The number of amides is 3. The normalized spacial score (nSPS) is 27.5. The summed E-state index contributed by atoms with van der Waals surface area (Å²) in [6.45, 7) is 9.18. The minimum Gasteiger partial charge on any atom is -0.369 e. The van der Waals surface area contributed by atoms with Crippen LogP contribution < -0.4 is 10.2 Å². The molecule has 7 nitrogen and oxygen atoms in total. The van der Waals surface area contributed by atoms with Crippen molar-refractivity contribution in [3.05, 3.63) is 30.1 Å². The van der Waals surface area contributed by atoms with Gasteiger partial charge < -0.3 is 20.0 Å². The first-order valence-electron chi connectivity index (χ1n) is 13.0. The van der Waals surface area contributed by atoms with Gasteiger partial charge in [-0.1, -0.05) is 0 Å². The molecule has 4 aliphatic rings. The SMILES string of the molecule is C[C@H]1CN(c2ccc(F)cc2)CCN1CC[C@H]1CC2(CCN(C(=O)N3CCCC3)CC2)C(=O)N1. The molecule has 4 aliphatic heterocycles. The molecule has 4 heterocycles. The Bertz CT molecular complexity index is 880. The number of carbonyl (C=O) groups is 2. The Morgan fingerprint density at radius 3 is 2.38 bits per heavy atom. The fourth-order valence-corrected chi connectivity index (χ4v) is 6.33. The molecule has 5 rings (SSSR count). The van der Waals surface area contributed by atoms with Crippen LogP contribution in [0.5, 0.6) is 0 Å². The van der Waals surface area contributed by atoms with Gasteiger partial charge in [-0.3, -0.25) is 9.69 Å². The van der Waals surface area contributed by atoms with Gasteiger partial charge in [0, 0.05) is 70.1 Å². The third-order valence-corrected chi connectivity index (χ3v) is 8.54. The molecule has 8 heteroatoms. The summed E-state index contributed by atoms with van der Waals surface area (Å²) in [5.41, 5.74) is 0.784. The van der Waals surface area contributed by atoms with Gasteiger partial charge in [-0.05, 0) is 69.7 Å². The van der Waals surface area contributed by atoms with Gasteiger partial charge in [0.2, 0.25) is 5.91 Å². The summed E-state index contributed by atoms with van der Waals surface area (Å²) >= 11 is 0. The summed E-state index contributed by atoms with van der Waals surface area (Å²) in [5, 5.41) is 3.28. The van der Waals surface area contributed by atoms with Crippen LogP contribution in [0.25, 0.3) is 0 Å². The second kappa shape index (κ2) is 9.72. The quantitative estimate of drug-likeness (QED) is 0.734. The van der Waals surface area contributed by atoms with Crippen LogP contribution in [-0.4, -0.2) is 91.1 Å². The summed E-state index contributed by atoms with van der Waals surface area (Å²) in [4.78, 5) is 34.4. The van der Waals surface area contributed by atoms with Crippen molar-refractivity contribution in [3.8, 4) is 0 Å². The standard InChI is InChI=1S/C26H38FN5O2/c1-20-19-32(23-6-4-21(27)5-7-23)17-16-29(20)13-8-22-18-26(24(33)28-22)9-14-31(15-10-26)25(34)30-11-2-3-12-30/h4-7,20,22H,2-3,8-19H2,1H3,(H,28,33)/t20-,22-/m0/s1. The monoisotopic (exact) mass is 471 g/mol. The molecular weight excluding hydrogens is 433 g/mol. The van der Waals surface area contributed by atoms with E-state index >= 15 is 0 Å². The van der Waals surface area contributed by atoms with E-state index in [1.165, 1.54) is 12.1 Å². The Hall–Kier alpha value is -2.35. The van der Waals surface area contributed by atoms with Gasteiger partial charge in [0.25, 0.3) is 0 Å². The number of nitrogens with zero attached hydrogens (tertiary/aromatic N) is 4. The summed E-state index contributed by atoms with van der Waals surface area (Å²) in [5.74, 6) is -0.00405. The van der Waals surface area contributed by atoms with Crippen molar-refractivity contribution in [3.63, 3.8) is 0 Å². The summed E-state index contributed by atoms with van der Waals surface area (Å²) in [7, 11) is 0. The number of urea groups is 1. The lowest BCUT2D eigenvalue weighted by atomic mass is 9.75. The van der Waals surface area contributed by atoms with Crippen LogP contribution in [0, 0.1) is 11.2 Å². The average molecular weight is 472 g/mol. The van der Waals surface area contributed by atoms with Crippen LogP contribution in [0.2, 0.25) is 0 Å². The van der Waals surface area contributed by atoms with Gasteiger partial charge >= 0.3 is 6.03 Å². The lowest BCUT2D eigenvalue weighted by molar-refractivity contribution is -0.129. The Morgan fingerprint density at radius 1 is 1.03 bits per heavy atom. The minimum absolute atomic E-state index is 0.163. The molecule has 2 atom stereocenters. The van der Waals surface area contributed by atoms with Gasteiger partial charge in [0.15, 0.2) is 0 Å². The van der Waals surface area contributed by atoms with Crippen molar-refractivity contribution >= 4 is 17.6 Å². The molecule has 1 N–H and O–H groups in total. The first-order valence-corrected chi connectivity index (χ1v) is 13.0. The first-order chi connectivity index (χ1) is 16.4. The van der Waals surface area contributed by atoms with Crippen molar-refractivity contribution in [2.75, 3.05) is 57.3 Å². The molecule has 0 aliphatic carbocycles. The zero-order valence-electron chi connectivity index (χ0n) is 20.3. The number of nitrogens with one attached hydrogen (secondary N) is 1. The highest BCUT2D eigenvalue weighted by Crippen LogP contribution is 2.41. The highest BCUT2D eigenvalue weighted by Gasteiger charge is 2.49. The zero-order chi connectivity index (χ0) is 23.7. The van der Waals surface area contributed by atoms with Crippen molar-refractivity contribution in [2.45, 2.75) is 57.5 Å². The van der Waals surface area contributed by atoms with Crippen molar-refractivity contribution in [2.24, 2.45) is 5.41 Å². The summed E-state index contributed by atoms with van der Waals surface area (Å²) in [6, 6.07) is 7.55. The molecule has 0 bridgehead atoms. The van der Waals surface area contributed by atoms with Crippen molar-refractivity contribution in [1.82, 2.24) is 20.0 Å². The molecule has 1 aromatic rings. The molecule has 1 spiro atoms. The van der Waals surface area contributed by atoms with Crippen LogP contribution >= 0.6 is 0 Å². The molecule has 4 fully saturated rings. The summed E-state index contributed by atoms with van der Waals surface area (Å²) in [6.07, 6.45) is 5.62. The number of rotatable bonds is 4. The topological polar surface area (TPSA) is 59.1 Å². The predicted octanol–water partition coefficient (Wildman–Crippen LogP) is 2.91. The number of piperidine rings is 1. The van der Waals surface area contributed by atoms with Crippen LogP contribution in [0.3, 0.4) is 0 Å². The highest BCUT2D eigenvalue weighted by atomic mass is 19.1. The Balaban J connectivity index is 1.09. The Labute approximate surface area is 202 Å². The van der Waals surface area contributed by atoms with Gasteiger partial charge in [0.05, 0.1) is 5.41 Å². The van der Waals surface area contributed by atoms with Gasteiger partial charge in [-0.2, -0.15) is 0 Å². The predicted molar refractivity (Wildman–Crippen MR) is 130 cm³/mol. The van der Waals surface area contributed by atoms with Crippen molar-refractivity contribution in [1.29, 1.82) is 0 Å². The van der Waals surface area contributed by atoms with E-state index < -0.39 is 0 Å². The molecule has 0 aromatic heterocycles. The smallest absolute Gasteiger partial charge is 0.319 e. The number of halogens is 1. The van der Waals surface area contributed by atoms with E-state index in [9.17, 15) is 14.0 Å². The van der Waals surface area contributed by atoms with E-state index in [1.807, 2.05) is 21.9 Å². The third-order valence-electron chi connectivity index (χ3n) is 8.54. The fraction of sp³-hybridized carbons (Fsp3) is 0.692. The van der Waals surface area contributed by atoms with Gasteiger partial charge in [0.1, 0.15) is 5.82 Å². The maximum atomic E-state index is 13.2. The molecule has 34 heavy (non-hydrogen) atoms. The number of likely N-dealkylation sites (tertiary alicyclic amines) is 2. The van der Waals surface area contributed by atoms with Crippen LogP contribution in [0.1, 0.15) is 45.4 Å². The van der Waals surface area contributed by atoms with E-state index in [-0.39, 0.29) is 29.2 Å². The molecule has 3 amide bonds. The maximum Gasteiger partial charge on any atom is 0.319 e. The zero-order valence-corrected chi connectivity index (χ0v) is 20.3.